The maximum Gasteiger partial charge on any atom is 0.417 e. The first-order valence-electron chi connectivity index (χ1n) is 10.6. The SMILES string of the molecule is O=C(O)c1ccc(-c2cc(CC(=O)C3(c4ccc5c(c4)OCO5)CC3)ccc2C(F)(F)F)cc1.[HH]. The van der Waals surface area contributed by atoms with Crippen molar-refractivity contribution in [2.75, 3.05) is 6.79 Å². The highest BCUT2D eigenvalue weighted by Crippen LogP contribution is 2.51. The highest BCUT2D eigenvalue weighted by molar-refractivity contribution is 5.95. The largest absolute Gasteiger partial charge is 0.478 e. The number of ether oxygens (including phenoxy) is 2. The lowest BCUT2D eigenvalue weighted by molar-refractivity contribution is -0.137. The first-order valence-corrected chi connectivity index (χ1v) is 10.6. The average Bonchev–Trinajstić information content (AvgIpc) is 3.49. The van der Waals surface area contributed by atoms with Crippen LogP contribution in [0.3, 0.4) is 0 Å². The van der Waals surface area contributed by atoms with Crippen molar-refractivity contribution < 1.29 is 38.8 Å². The smallest absolute Gasteiger partial charge is 0.417 e. The molecule has 1 saturated carbocycles. The molecule has 0 radical (unpaired) electrons. The number of Topliss-reactive ketones (excluding diaryl/α,β-unsaturated/α-hetero) is 1. The minimum atomic E-state index is -4.60. The van der Waals surface area contributed by atoms with Crippen LogP contribution in [-0.4, -0.2) is 23.7 Å². The molecule has 5 nitrogen and oxygen atoms in total. The van der Waals surface area contributed by atoms with Gasteiger partial charge in [-0.15, -0.1) is 0 Å². The predicted octanol–water partition coefficient (Wildman–Crippen LogP) is 5.89. The zero-order valence-electron chi connectivity index (χ0n) is 17.8. The topological polar surface area (TPSA) is 72.8 Å². The number of carboxylic acids is 1. The lowest BCUT2D eigenvalue weighted by Gasteiger charge is -2.17. The second-order valence-corrected chi connectivity index (χ2v) is 8.51. The summed E-state index contributed by atoms with van der Waals surface area (Å²) in [5.41, 5.74) is -0.133. The molecule has 1 aliphatic heterocycles. The van der Waals surface area contributed by atoms with Crippen LogP contribution in [0.25, 0.3) is 11.1 Å². The minimum Gasteiger partial charge on any atom is -0.478 e. The molecule has 2 aliphatic rings. The van der Waals surface area contributed by atoms with Crippen LogP contribution in [0.1, 0.15) is 41.3 Å². The number of carbonyl (C=O) groups excluding carboxylic acids is 1. The van der Waals surface area contributed by atoms with E-state index in [2.05, 4.69) is 0 Å². The Morgan fingerprint density at radius 1 is 0.941 bits per heavy atom. The molecule has 3 aromatic rings. The Bertz CT molecular complexity index is 1300. The lowest BCUT2D eigenvalue weighted by atomic mass is 9.86. The van der Waals surface area contributed by atoms with Gasteiger partial charge in [0.25, 0.3) is 0 Å². The van der Waals surface area contributed by atoms with Crippen LogP contribution in [0.4, 0.5) is 13.2 Å². The van der Waals surface area contributed by atoms with Gasteiger partial charge in [0.15, 0.2) is 11.5 Å². The van der Waals surface area contributed by atoms with E-state index in [0.717, 1.165) is 11.6 Å². The van der Waals surface area contributed by atoms with E-state index in [1.807, 2.05) is 6.07 Å². The molecule has 1 N–H and O–H groups in total. The maximum atomic E-state index is 13.7. The van der Waals surface area contributed by atoms with Crippen molar-refractivity contribution in [2.45, 2.75) is 30.9 Å². The highest BCUT2D eigenvalue weighted by Gasteiger charge is 2.50. The van der Waals surface area contributed by atoms with Crippen LogP contribution in [0, 0.1) is 0 Å². The molecule has 0 spiro atoms. The number of hydrogen-bond donors (Lipinski definition) is 1. The summed E-state index contributed by atoms with van der Waals surface area (Å²) in [6, 6.07) is 14.3. The number of ketones is 1. The zero-order chi connectivity index (χ0) is 24.1. The van der Waals surface area contributed by atoms with E-state index in [4.69, 9.17) is 14.6 Å². The fraction of sp³-hybridized carbons (Fsp3) is 0.231. The molecule has 0 bridgehead atoms. The Hall–Kier alpha value is -3.81. The van der Waals surface area contributed by atoms with Gasteiger partial charge in [-0.25, -0.2) is 4.79 Å². The average molecular weight is 470 g/mol. The Morgan fingerprint density at radius 3 is 2.29 bits per heavy atom. The van der Waals surface area contributed by atoms with E-state index in [-0.39, 0.29) is 37.1 Å². The molecule has 0 saturated heterocycles. The van der Waals surface area contributed by atoms with Crippen LogP contribution in [-0.2, 0) is 22.8 Å². The molecule has 5 rings (SSSR count). The number of hydrogen-bond acceptors (Lipinski definition) is 4. The standard InChI is InChI=1S/C26H19F3O5.H2/c27-26(28,29)20-7-1-15(11-19(20)16-2-4-17(5-3-16)24(31)32)12-23(30)25(9-10-25)18-6-8-21-22(13-18)34-14-33-21;/h1-8,11,13H,9-10,12,14H2,(H,31,32);1H. The third-order valence-corrected chi connectivity index (χ3v) is 6.41. The van der Waals surface area contributed by atoms with E-state index in [9.17, 15) is 22.8 Å². The Morgan fingerprint density at radius 2 is 1.65 bits per heavy atom. The second-order valence-electron chi connectivity index (χ2n) is 8.51. The van der Waals surface area contributed by atoms with Crippen molar-refractivity contribution in [1.82, 2.24) is 0 Å². The maximum absolute atomic E-state index is 13.7. The monoisotopic (exact) mass is 470 g/mol. The van der Waals surface area contributed by atoms with Crippen LogP contribution in [0.2, 0.25) is 0 Å². The summed E-state index contributed by atoms with van der Waals surface area (Å²) in [6.45, 7) is 0.126. The summed E-state index contributed by atoms with van der Waals surface area (Å²) in [5.74, 6) is -0.0370. The van der Waals surface area contributed by atoms with E-state index >= 15 is 0 Å². The van der Waals surface area contributed by atoms with E-state index < -0.39 is 23.1 Å². The van der Waals surface area contributed by atoms with Gasteiger partial charge in [-0.05, 0) is 65.4 Å². The van der Waals surface area contributed by atoms with E-state index in [0.29, 0.717) is 29.9 Å². The Labute approximate surface area is 194 Å². The molecular formula is C26H21F3O5. The molecule has 8 heteroatoms. The molecule has 0 atom stereocenters. The number of aromatic carboxylic acids is 1. The van der Waals surface area contributed by atoms with Crippen LogP contribution in [0.15, 0.2) is 60.7 Å². The molecule has 1 fully saturated rings. The molecular weight excluding hydrogens is 449 g/mol. The summed E-state index contributed by atoms with van der Waals surface area (Å²) < 4.78 is 51.8. The number of benzene rings is 3. The van der Waals surface area contributed by atoms with Crippen LogP contribution < -0.4 is 9.47 Å². The third-order valence-electron chi connectivity index (χ3n) is 6.41. The molecule has 34 heavy (non-hydrogen) atoms. The van der Waals surface area contributed by atoms with Crippen LogP contribution >= 0.6 is 0 Å². The third kappa shape index (κ3) is 3.89. The van der Waals surface area contributed by atoms with Crippen molar-refractivity contribution in [3.63, 3.8) is 0 Å². The van der Waals surface area contributed by atoms with Crippen molar-refractivity contribution in [1.29, 1.82) is 0 Å². The van der Waals surface area contributed by atoms with Gasteiger partial charge in [-0.1, -0.05) is 30.3 Å². The Kier molecular flexibility index (Phi) is 5.11. The molecule has 0 unspecified atom stereocenters. The first-order chi connectivity index (χ1) is 16.2. The molecule has 1 aliphatic carbocycles. The normalized spacial score (nSPS) is 15.7. The van der Waals surface area contributed by atoms with E-state index in [1.54, 1.807) is 12.1 Å². The van der Waals surface area contributed by atoms with Crippen molar-refractivity contribution in [3.05, 3.63) is 82.9 Å². The number of carbonyl (C=O) groups is 2. The minimum absolute atomic E-state index is 0. The fourth-order valence-electron chi connectivity index (χ4n) is 4.38. The lowest BCUT2D eigenvalue weighted by Crippen LogP contribution is -2.22. The number of alkyl halides is 3. The summed E-state index contributed by atoms with van der Waals surface area (Å²) >= 11 is 0. The van der Waals surface area contributed by atoms with Crippen molar-refractivity contribution in [3.8, 4) is 22.6 Å². The zero-order valence-corrected chi connectivity index (χ0v) is 17.8. The first kappa shape index (κ1) is 22.0. The number of carboxylic acid groups (broad SMARTS) is 1. The molecule has 0 aromatic heterocycles. The van der Waals surface area contributed by atoms with Crippen LogP contribution in [0.5, 0.6) is 11.5 Å². The van der Waals surface area contributed by atoms with Gasteiger partial charge in [-0.3, -0.25) is 4.79 Å². The number of fused-ring (bicyclic) bond motifs is 1. The summed E-state index contributed by atoms with van der Waals surface area (Å²) in [4.78, 5) is 24.4. The molecule has 0 amide bonds. The van der Waals surface area contributed by atoms with Gasteiger partial charge in [0.1, 0.15) is 5.78 Å². The van der Waals surface area contributed by atoms with Crippen molar-refractivity contribution in [2.24, 2.45) is 0 Å². The van der Waals surface area contributed by atoms with Crippen molar-refractivity contribution >= 4 is 11.8 Å². The highest BCUT2D eigenvalue weighted by atomic mass is 19.4. The predicted molar refractivity (Wildman–Crippen MR) is 118 cm³/mol. The summed E-state index contributed by atoms with van der Waals surface area (Å²) in [6.07, 6.45) is -3.30. The van der Waals surface area contributed by atoms with Gasteiger partial charge in [0.2, 0.25) is 6.79 Å². The quantitative estimate of drug-likeness (QED) is 0.487. The molecule has 3 aromatic carbocycles. The van der Waals surface area contributed by atoms with Gasteiger partial charge < -0.3 is 14.6 Å². The Balaban J connectivity index is 0.00000289. The summed E-state index contributed by atoms with van der Waals surface area (Å²) in [5, 5.41) is 9.07. The fourth-order valence-corrected chi connectivity index (χ4v) is 4.38. The van der Waals surface area contributed by atoms with E-state index in [1.165, 1.54) is 36.4 Å². The molecule has 1 heterocycles. The van der Waals surface area contributed by atoms with Gasteiger partial charge >= 0.3 is 12.1 Å². The van der Waals surface area contributed by atoms with Gasteiger partial charge in [-0.2, -0.15) is 13.2 Å². The number of rotatable bonds is 6. The van der Waals surface area contributed by atoms with Gasteiger partial charge in [0.05, 0.1) is 16.5 Å². The summed E-state index contributed by atoms with van der Waals surface area (Å²) in [7, 11) is 0. The second kappa shape index (κ2) is 7.90. The number of halogens is 3. The van der Waals surface area contributed by atoms with Gasteiger partial charge in [0, 0.05) is 7.85 Å². The molecule has 176 valence electrons.